The molecule has 124 valence electrons. The van der Waals surface area contributed by atoms with E-state index in [2.05, 4.69) is 40.4 Å². The number of ether oxygens (including phenoxy) is 2. The van der Waals surface area contributed by atoms with Gasteiger partial charge in [0, 0.05) is 12.5 Å². The van der Waals surface area contributed by atoms with Gasteiger partial charge in [-0.05, 0) is 24.0 Å². The first-order valence-electron chi connectivity index (χ1n) is 8.19. The molecule has 1 aliphatic rings. The zero-order valence-corrected chi connectivity index (χ0v) is 13.7. The molecule has 0 aliphatic carbocycles. The van der Waals surface area contributed by atoms with Crippen molar-refractivity contribution in [2.24, 2.45) is 0 Å². The maximum atomic E-state index is 5.88. The van der Waals surface area contributed by atoms with Crippen LogP contribution in [0.15, 0.2) is 24.3 Å². The van der Waals surface area contributed by atoms with E-state index >= 15 is 0 Å². The fraction of sp³-hybridized carbons (Fsp3) is 0.529. The van der Waals surface area contributed by atoms with Gasteiger partial charge in [0.2, 0.25) is 5.95 Å². The van der Waals surface area contributed by atoms with E-state index in [1.54, 1.807) is 0 Å². The molecule has 1 aromatic heterocycles. The van der Waals surface area contributed by atoms with Crippen LogP contribution in [0.1, 0.15) is 43.5 Å². The molecule has 0 spiro atoms. The van der Waals surface area contributed by atoms with Crippen LogP contribution in [0.3, 0.4) is 0 Å². The Bertz CT molecular complexity index is 621. The number of aromatic amines is 1. The molecule has 6 heteroatoms. The minimum Gasteiger partial charge on any atom is -0.491 e. The molecule has 1 aliphatic heterocycles. The molecule has 1 fully saturated rings. The maximum absolute atomic E-state index is 5.88. The van der Waals surface area contributed by atoms with Gasteiger partial charge in [0.25, 0.3) is 0 Å². The van der Waals surface area contributed by atoms with Crippen molar-refractivity contribution in [3.8, 4) is 5.75 Å². The molecule has 23 heavy (non-hydrogen) atoms. The highest BCUT2D eigenvalue weighted by atomic mass is 16.5. The van der Waals surface area contributed by atoms with Crippen LogP contribution < -0.4 is 10.1 Å². The predicted octanol–water partition coefficient (Wildman–Crippen LogP) is 2.92. The van der Waals surface area contributed by atoms with E-state index in [9.17, 15) is 0 Å². The van der Waals surface area contributed by atoms with Gasteiger partial charge in [-0.2, -0.15) is 4.98 Å². The van der Waals surface area contributed by atoms with Crippen molar-refractivity contribution in [2.75, 3.05) is 31.7 Å². The lowest BCUT2D eigenvalue weighted by molar-refractivity contribution is 0.193. The van der Waals surface area contributed by atoms with Crippen LogP contribution in [0.5, 0.6) is 5.75 Å². The molecule has 3 rings (SSSR count). The van der Waals surface area contributed by atoms with Gasteiger partial charge < -0.3 is 14.8 Å². The normalized spacial score (nSPS) is 17.6. The Morgan fingerprint density at radius 2 is 2.26 bits per heavy atom. The van der Waals surface area contributed by atoms with Crippen LogP contribution >= 0.6 is 0 Å². The average Bonchev–Trinajstić information content (AvgIpc) is 3.23. The van der Waals surface area contributed by atoms with Gasteiger partial charge in [-0.1, -0.05) is 32.0 Å². The SMILES string of the molecule is CC(C)c1ccccc1OCCNc1n[nH]c(C2CCOC2)n1. The monoisotopic (exact) mass is 316 g/mol. The second-order valence-electron chi connectivity index (χ2n) is 6.07. The Morgan fingerprint density at radius 1 is 1.39 bits per heavy atom. The number of hydrogen-bond donors (Lipinski definition) is 2. The number of para-hydroxylation sites is 1. The summed E-state index contributed by atoms with van der Waals surface area (Å²) in [4.78, 5) is 4.47. The molecule has 0 bridgehead atoms. The molecule has 6 nitrogen and oxygen atoms in total. The van der Waals surface area contributed by atoms with Crippen molar-refractivity contribution >= 4 is 5.95 Å². The highest BCUT2D eigenvalue weighted by Gasteiger charge is 2.21. The van der Waals surface area contributed by atoms with E-state index in [1.807, 2.05) is 18.2 Å². The summed E-state index contributed by atoms with van der Waals surface area (Å²) in [5.74, 6) is 3.25. The fourth-order valence-electron chi connectivity index (χ4n) is 2.70. The van der Waals surface area contributed by atoms with Crippen LogP contribution in [-0.4, -0.2) is 41.5 Å². The van der Waals surface area contributed by atoms with Gasteiger partial charge in [-0.25, -0.2) is 0 Å². The average molecular weight is 316 g/mol. The summed E-state index contributed by atoms with van der Waals surface area (Å²) in [6.07, 6.45) is 1.00. The minimum atomic E-state index is 0.340. The van der Waals surface area contributed by atoms with Gasteiger partial charge in [-0.3, -0.25) is 5.10 Å². The Balaban J connectivity index is 1.47. The Hall–Kier alpha value is -2.08. The summed E-state index contributed by atoms with van der Waals surface area (Å²) in [6, 6.07) is 8.17. The lowest BCUT2D eigenvalue weighted by Gasteiger charge is -2.13. The quantitative estimate of drug-likeness (QED) is 0.769. The first-order valence-corrected chi connectivity index (χ1v) is 8.19. The van der Waals surface area contributed by atoms with Gasteiger partial charge in [-0.15, -0.1) is 5.10 Å². The lowest BCUT2D eigenvalue weighted by Crippen LogP contribution is -2.13. The van der Waals surface area contributed by atoms with Crippen LogP contribution in [0, 0.1) is 0 Å². The zero-order chi connectivity index (χ0) is 16.1. The number of aromatic nitrogens is 3. The molecular formula is C17H24N4O2. The van der Waals surface area contributed by atoms with Crippen molar-refractivity contribution in [3.63, 3.8) is 0 Å². The highest BCUT2D eigenvalue weighted by Crippen LogP contribution is 2.25. The number of nitrogens with one attached hydrogen (secondary N) is 2. The topological polar surface area (TPSA) is 72.1 Å². The predicted molar refractivity (Wildman–Crippen MR) is 89.1 cm³/mol. The smallest absolute Gasteiger partial charge is 0.242 e. The molecule has 2 heterocycles. The first kappa shape index (κ1) is 15.8. The van der Waals surface area contributed by atoms with Crippen LogP contribution in [-0.2, 0) is 4.74 Å². The highest BCUT2D eigenvalue weighted by molar-refractivity contribution is 5.35. The molecule has 2 N–H and O–H groups in total. The largest absolute Gasteiger partial charge is 0.491 e. The van der Waals surface area contributed by atoms with E-state index in [-0.39, 0.29) is 0 Å². The molecule has 0 radical (unpaired) electrons. The molecular weight excluding hydrogens is 292 g/mol. The van der Waals surface area contributed by atoms with Gasteiger partial charge in [0.15, 0.2) is 0 Å². The summed E-state index contributed by atoms with van der Waals surface area (Å²) in [6.45, 7) is 7.09. The molecule has 0 amide bonds. The van der Waals surface area contributed by atoms with E-state index in [4.69, 9.17) is 9.47 Å². The van der Waals surface area contributed by atoms with E-state index in [1.165, 1.54) is 5.56 Å². The van der Waals surface area contributed by atoms with Crippen LogP contribution in [0.2, 0.25) is 0 Å². The second-order valence-corrected chi connectivity index (χ2v) is 6.07. The summed E-state index contributed by atoms with van der Waals surface area (Å²) in [5, 5.41) is 10.4. The first-order chi connectivity index (χ1) is 11.2. The summed E-state index contributed by atoms with van der Waals surface area (Å²) in [5.41, 5.74) is 1.23. The standard InChI is InChI=1S/C17H24N4O2/c1-12(2)14-5-3-4-6-15(14)23-10-8-18-17-19-16(20-21-17)13-7-9-22-11-13/h3-6,12-13H,7-11H2,1-2H3,(H2,18,19,20,21). The molecule has 0 saturated carbocycles. The van der Waals surface area contributed by atoms with Gasteiger partial charge in [0.1, 0.15) is 18.2 Å². The zero-order valence-electron chi connectivity index (χ0n) is 13.7. The fourth-order valence-corrected chi connectivity index (χ4v) is 2.70. The van der Waals surface area contributed by atoms with Gasteiger partial charge >= 0.3 is 0 Å². The minimum absolute atomic E-state index is 0.340. The molecule has 1 unspecified atom stereocenters. The summed E-state index contributed by atoms with van der Waals surface area (Å²) in [7, 11) is 0. The molecule has 1 saturated heterocycles. The lowest BCUT2D eigenvalue weighted by atomic mass is 10.0. The number of hydrogen-bond acceptors (Lipinski definition) is 5. The summed E-state index contributed by atoms with van der Waals surface area (Å²) < 4.78 is 11.2. The van der Waals surface area contributed by atoms with Crippen molar-refractivity contribution in [1.29, 1.82) is 0 Å². The number of benzene rings is 1. The van der Waals surface area contributed by atoms with E-state index < -0.39 is 0 Å². The van der Waals surface area contributed by atoms with Crippen molar-refractivity contribution < 1.29 is 9.47 Å². The molecule has 2 aromatic rings. The number of rotatable bonds is 7. The Kier molecular flexibility index (Phi) is 5.12. The third-order valence-electron chi connectivity index (χ3n) is 4.00. The van der Waals surface area contributed by atoms with E-state index in [0.717, 1.165) is 31.2 Å². The van der Waals surface area contributed by atoms with Crippen LogP contribution in [0.25, 0.3) is 0 Å². The Labute approximate surface area is 136 Å². The molecule has 1 aromatic carbocycles. The van der Waals surface area contributed by atoms with Gasteiger partial charge in [0.05, 0.1) is 13.2 Å². The van der Waals surface area contributed by atoms with Crippen molar-refractivity contribution in [1.82, 2.24) is 15.2 Å². The number of H-pyrrole nitrogens is 1. The van der Waals surface area contributed by atoms with Crippen molar-refractivity contribution in [3.05, 3.63) is 35.7 Å². The van der Waals surface area contributed by atoms with Crippen molar-refractivity contribution in [2.45, 2.75) is 32.1 Å². The second kappa shape index (κ2) is 7.46. The Morgan fingerprint density at radius 3 is 3.04 bits per heavy atom. The third kappa shape index (κ3) is 4.01. The maximum Gasteiger partial charge on any atom is 0.242 e. The van der Waals surface area contributed by atoms with E-state index in [0.29, 0.717) is 30.9 Å². The summed E-state index contributed by atoms with van der Waals surface area (Å²) >= 11 is 0. The molecule has 1 atom stereocenters. The number of nitrogens with zero attached hydrogens (tertiary/aromatic N) is 2. The third-order valence-corrected chi connectivity index (χ3v) is 4.00. The van der Waals surface area contributed by atoms with Crippen LogP contribution in [0.4, 0.5) is 5.95 Å². The number of anilines is 1.